The van der Waals surface area contributed by atoms with Gasteiger partial charge in [0, 0.05) is 31.6 Å². The van der Waals surface area contributed by atoms with Crippen molar-refractivity contribution in [1.29, 1.82) is 0 Å². The molecule has 2 aliphatic heterocycles. The van der Waals surface area contributed by atoms with Crippen molar-refractivity contribution in [1.82, 2.24) is 10.2 Å². The lowest BCUT2D eigenvalue weighted by Gasteiger charge is -2.35. The highest BCUT2D eigenvalue weighted by molar-refractivity contribution is 5.96. The molecular weight excluding hydrogens is 268 g/mol. The van der Waals surface area contributed by atoms with Crippen LogP contribution in [0.1, 0.15) is 18.1 Å². The first-order chi connectivity index (χ1) is 10.1. The lowest BCUT2D eigenvalue weighted by molar-refractivity contribution is -0.149. The summed E-state index contributed by atoms with van der Waals surface area (Å²) in [5, 5.41) is 12.6. The van der Waals surface area contributed by atoms with Crippen molar-refractivity contribution in [2.24, 2.45) is 0 Å². The Kier molecular flexibility index (Phi) is 3.51. The van der Waals surface area contributed by atoms with Gasteiger partial charge in [0.05, 0.1) is 0 Å². The van der Waals surface area contributed by atoms with Crippen molar-refractivity contribution in [2.45, 2.75) is 25.9 Å². The molecule has 0 saturated carbocycles. The maximum absolute atomic E-state index is 12.6. The molecule has 1 aromatic rings. The lowest BCUT2D eigenvalue weighted by Crippen LogP contribution is -2.49. The number of nitrogens with one attached hydrogen (secondary N) is 1. The van der Waals surface area contributed by atoms with Crippen LogP contribution < -0.4 is 5.32 Å². The van der Waals surface area contributed by atoms with Crippen LogP contribution in [0.2, 0.25) is 0 Å². The molecule has 0 unspecified atom stereocenters. The number of hydrogen-bond donors (Lipinski definition) is 2. The van der Waals surface area contributed by atoms with E-state index in [9.17, 15) is 14.7 Å². The van der Waals surface area contributed by atoms with E-state index in [0.29, 0.717) is 18.5 Å². The number of carboxylic acid groups (broad SMARTS) is 1. The van der Waals surface area contributed by atoms with Crippen LogP contribution in [0.15, 0.2) is 35.4 Å². The van der Waals surface area contributed by atoms with Crippen molar-refractivity contribution < 1.29 is 14.7 Å². The molecule has 0 bridgehead atoms. The zero-order chi connectivity index (χ0) is 15.0. The van der Waals surface area contributed by atoms with E-state index in [1.807, 2.05) is 24.3 Å². The normalized spacial score (nSPS) is 20.5. The number of rotatable bonds is 2. The second-order valence-corrected chi connectivity index (χ2v) is 5.59. The molecule has 0 spiro atoms. The molecule has 0 radical (unpaired) electrons. The summed E-state index contributed by atoms with van der Waals surface area (Å²) in [4.78, 5) is 25.7. The van der Waals surface area contributed by atoms with Crippen LogP contribution in [0.3, 0.4) is 0 Å². The maximum Gasteiger partial charge on any atom is 0.326 e. The summed E-state index contributed by atoms with van der Waals surface area (Å²) in [5.41, 5.74) is 3.81. The number of nitrogens with zero attached hydrogens (tertiary/aromatic N) is 1. The van der Waals surface area contributed by atoms with Crippen molar-refractivity contribution in [3.05, 3.63) is 46.5 Å². The summed E-state index contributed by atoms with van der Waals surface area (Å²) in [5.74, 6) is -1.10. The summed E-state index contributed by atoms with van der Waals surface area (Å²) in [6.45, 7) is 3.60. The van der Waals surface area contributed by atoms with Gasteiger partial charge in [-0.2, -0.15) is 0 Å². The molecule has 0 aromatic heterocycles. The molecule has 2 heterocycles. The number of hydrogen-bond acceptors (Lipinski definition) is 3. The standard InChI is InChI=1S/C16H18N2O3/c1-10(13-7-17-8-13)15(19)18-9-12-5-3-2-4-11(12)6-14(18)16(20)21/h2-5,14,17H,6-9H2,1H3,(H,20,21)/t14-/m0/s1. The fraction of sp³-hybridized carbons (Fsp3) is 0.375. The largest absolute Gasteiger partial charge is 0.480 e. The van der Waals surface area contributed by atoms with Gasteiger partial charge in [0.2, 0.25) is 0 Å². The van der Waals surface area contributed by atoms with Crippen LogP contribution >= 0.6 is 0 Å². The Hall–Kier alpha value is -2.14. The molecule has 2 N–H and O–H groups in total. The van der Waals surface area contributed by atoms with Gasteiger partial charge in [-0.25, -0.2) is 4.79 Å². The minimum atomic E-state index is -0.942. The molecule has 1 aromatic carbocycles. The van der Waals surface area contributed by atoms with Gasteiger partial charge in [-0.3, -0.25) is 4.79 Å². The van der Waals surface area contributed by atoms with E-state index < -0.39 is 12.0 Å². The van der Waals surface area contributed by atoms with Crippen LogP contribution in [-0.4, -0.2) is 41.0 Å². The summed E-state index contributed by atoms with van der Waals surface area (Å²) >= 11 is 0. The third-order valence-corrected chi connectivity index (χ3v) is 4.32. The molecule has 5 nitrogen and oxygen atoms in total. The molecule has 1 atom stereocenters. The topological polar surface area (TPSA) is 69.6 Å². The molecule has 0 aliphatic carbocycles. The fourth-order valence-electron chi connectivity index (χ4n) is 2.84. The Labute approximate surface area is 123 Å². The van der Waals surface area contributed by atoms with E-state index in [2.05, 4.69) is 5.32 Å². The number of carboxylic acids is 1. The van der Waals surface area contributed by atoms with Gasteiger partial charge in [-0.15, -0.1) is 0 Å². The van der Waals surface area contributed by atoms with E-state index in [4.69, 9.17) is 0 Å². The minimum Gasteiger partial charge on any atom is -0.480 e. The van der Waals surface area contributed by atoms with E-state index in [-0.39, 0.29) is 5.91 Å². The van der Waals surface area contributed by atoms with Crippen LogP contribution in [0, 0.1) is 0 Å². The van der Waals surface area contributed by atoms with E-state index in [0.717, 1.165) is 29.8 Å². The molecule has 21 heavy (non-hydrogen) atoms. The molecule has 1 amide bonds. The maximum atomic E-state index is 12.6. The average Bonchev–Trinajstić information content (AvgIpc) is 2.43. The number of carbonyl (C=O) groups excluding carboxylic acids is 1. The lowest BCUT2D eigenvalue weighted by atomic mass is 9.92. The van der Waals surface area contributed by atoms with Crippen LogP contribution in [0.4, 0.5) is 0 Å². The SMILES string of the molecule is CC(C(=O)N1Cc2ccccc2C[C@H]1C(=O)O)=C1CNC1. The number of carbonyl (C=O) groups is 2. The van der Waals surface area contributed by atoms with Crippen molar-refractivity contribution in [2.75, 3.05) is 13.1 Å². The zero-order valence-corrected chi connectivity index (χ0v) is 11.9. The van der Waals surface area contributed by atoms with E-state index >= 15 is 0 Å². The quantitative estimate of drug-likeness (QED) is 0.794. The van der Waals surface area contributed by atoms with Gasteiger partial charge in [0.25, 0.3) is 5.91 Å². The van der Waals surface area contributed by atoms with Crippen LogP contribution in [0.5, 0.6) is 0 Å². The molecule has 110 valence electrons. The summed E-state index contributed by atoms with van der Waals surface area (Å²) in [7, 11) is 0. The van der Waals surface area contributed by atoms with Gasteiger partial charge in [-0.05, 0) is 23.6 Å². The molecule has 3 rings (SSSR count). The smallest absolute Gasteiger partial charge is 0.326 e. The Morgan fingerprint density at radius 1 is 1.24 bits per heavy atom. The highest BCUT2D eigenvalue weighted by atomic mass is 16.4. The minimum absolute atomic E-state index is 0.159. The third-order valence-electron chi connectivity index (χ3n) is 4.32. The van der Waals surface area contributed by atoms with Gasteiger partial charge >= 0.3 is 5.97 Å². The summed E-state index contributed by atoms with van der Waals surface area (Å²) < 4.78 is 0. The summed E-state index contributed by atoms with van der Waals surface area (Å²) in [6.07, 6.45) is 0.373. The molecule has 2 aliphatic rings. The number of aliphatic carboxylic acids is 1. The molecule has 1 fully saturated rings. The Morgan fingerprint density at radius 2 is 1.90 bits per heavy atom. The third kappa shape index (κ3) is 2.45. The Balaban J connectivity index is 1.92. The molecule has 5 heteroatoms. The van der Waals surface area contributed by atoms with Gasteiger partial charge in [-0.1, -0.05) is 24.3 Å². The Morgan fingerprint density at radius 3 is 2.48 bits per heavy atom. The second kappa shape index (κ2) is 5.33. The van der Waals surface area contributed by atoms with E-state index in [1.165, 1.54) is 4.90 Å². The number of amides is 1. The van der Waals surface area contributed by atoms with Crippen molar-refractivity contribution in [3.63, 3.8) is 0 Å². The monoisotopic (exact) mass is 286 g/mol. The summed E-state index contributed by atoms with van der Waals surface area (Å²) in [6, 6.07) is 6.94. The predicted octanol–water partition coefficient (Wildman–Crippen LogP) is 0.944. The predicted molar refractivity (Wildman–Crippen MR) is 77.7 cm³/mol. The van der Waals surface area contributed by atoms with Gasteiger partial charge < -0.3 is 15.3 Å². The van der Waals surface area contributed by atoms with Gasteiger partial charge in [0.1, 0.15) is 6.04 Å². The highest BCUT2D eigenvalue weighted by Gasteiger charge is 2.35. The van der Waals surface area contributed by atoms with Gasteiger partial charge in [0.15, 0.2) is 0 Å². The van der Waals surface area contributed by atoms with Crippen molar-refractivity contribution in [3.8, 4) is 0 Å². The number of fused-ring (bicyclic) bond motifs is 1. The Bertz CT molecular complexity index is 630. The number of benzene rings is 1. The van der Waals surface area contributed by atoms with Crippen molar-refractivity contribution >= 4 is 11.9 Å². The zero-order valence-electron chi connectivity index (χ0n) is 11.9. The fourth-order valence-corrected chi connectivity index (χ4v) is 2.84. The first-order valence-electron chi connectivity index (χ1n) is 7.08. The molecular formula is C16H18N2O3. The second-order valence-electron chi connectivity index (χ2n) is 5.59. The molecule has 1 saturated heterocycles. The van der Waals surface area contributed by atoms with Crippen LogP contribution in [0.25, 0.3) is 0 Å². The van der Waals surface area contributed by atoms with Crippen LogP contribution in [-0.2, 0) is 22.6 Å². The van der Waals surface area contributed by atoms with E-state index in [1.54, 1.807) is 6.92 Å². The highest BCUT2D eigenvalue weighted by Crippen LogP contribution is 2.25. The first kappa shape index (κ1) is 13.8. The first-order valence-corrected chi connectivity index (χ1v) is 7.08. The average molecular weight is 286 g/mol.